The molecule has 0 aromatic heterocycles. The Balaban J connectivity index is 3.38. The van der Waals surface area contributed by atoms with Crippen LogP contribution in [0.15, 0.2) is 24.3 Å². The number of esters is 1. The summed E-state index contributed by atoms with van der Waals surface area (Å²) in [4.78, 5) is 24.6. The number of allylic oxidation sites excluding steroid dienone is 3. The lowest BCUT2D eigenvalue weighted by Crippen LogP contribution is -2.45. The number of rotatable bonds is 66. The smallest absolute Gasteiger partial charge is 0.305 e. The van der Waals surface area contributed by atoms with E-state index in [1.807, 2.05) is 6.08 Å². The standard InChI is InChI=1S/C71H137NO5/c1-3-5-7-9-11-13-15-17-19-21-29-33-37-41-45-49-53-57-61-65-71(76)77-66-62-58-54-50-46-42-38-34-31-28-26-24-22-23-25-27-30-32-36-40-44-48-52-56-60-64-70(75)72-68(67-73)69(74)63-59-55-51-47-43-39-35-20-18-16-14-12-10-8-6-4-2/h23,25,59,63,68-69,73-74H,3-22,24,26-58,60-62,64-67H2,1-2H3,(H,72,75)/b25-23-,63-59+. The highest BCUT2D eigenvalue weighted by molar-refractivity contribution is 5.76. The van der Waals surface area contributed by atoms with Gasteiger partial charge in [0.1, 0.15) is 0 Å². The minimum absolute atomic E-state index is 0.0185. The Hall–Kier alpha value is -1.66. The summed E-state index contributed by atoms with van der Waals surface area (Å²) < 4.78 is 5.51. The third-order valence-corrected chi connectivity index (χ3v) is 16.5. The van der Waals surface area contributed by atoms with E-state index in [2.05, 4.69) is 31.3 Å². The monoisotopic (exact) mass is 1080 g/mol. The SMILES string of the molecule is CCCCCCCCCCCCCCCC/C=C/C(O)C(CO)NC(=O)CCCCCCCCCCC/C=C\CCCCCCCCCCCCCCOC(=O)CCCCCCCCCCCCCCCCCCCCC. The zero-order chi connectivity index (χ0) is 55.7. The number of nitrogens with one attached hydrogen (secondary N) is 1. The molecule has 77 heavy (non-hydrogen) atoms. The van der Waals surface area contributed by atoms with Crippen molar-refractivity contribution in [1.82, 2.24) is 5.32 Å². The van der Waals surface area contributed by atoms with Crippen LogP contribution in [0.4, 0.5) is 0 Å². The Morgan fingerprint density at radius 1 is 0.351 bits per heavy atom. The molecule has 3 N–H and O–H groups in total. The van der Waals surface area contributed by atoms with E-state index in [0.29, 0.717) is 19.4 Å². The first kappa shape index (κ1) is 75.3. The van der Waals surface area contributed by atoms with Gasteiger partial charge in [0.25, 0.3) is 0 Å². The number of carbonyl (C=O) groups is 2. The van der Waals surface area contributed by atoms with Crippen LogP contribution in [0, 0.1) is 0 Å². The van der Waals surface area contributed by atoms with Crippen molar-refractivity contribution in [3.63, 3.8) is 0 Å². The number of hydrogen-bond acceptors (Lipinski definition) is 5. The lowest BCUT2D eigenvalue weighted by molar-refractivity contribution is -0.143. The second kappa shape index (κ2) is 66.8. The topological polar surface area (TPSA) is 95.9 Å². The highest BCUT2D eigenvalue weighted by atomic mass is 16.5. The van der Waals surface area contributed by atoms with Crippen LogP contribution < -0.4 is 5.32 Å². The van der Waals surface area contributed by atoms with Gasteiger partial charge in [-0.15, -0.1) is 0 Å². The predicted molar refractivity (Wildman–Crippen MR) is 338 cm³/mol. The number of ether oxygens (including phenoxy) is 1. The van der Waals surface area contributed by atoms with Crippen molar-refractivity contribution in [2.24, 2.45) is 0 Å². The van der Waals surface area contributed by atoms with Gasteiger partial charge in [0.05, 0.1) is 25.4 Å². The Bertz CT molecular complexity index is 1200. The van der Waals surface area contributed by atoms with Crippen LogP contribution in [0.5, 0.6) is 0 Å². The Labute approximate surface area is 481 Å². The zero-order valence-corrected chi connectivity index (χ0v) is 52.2. The van der Waals surface area contributed by atoms with Gasteiger partial charge in [-0.25, -0.2) is 0 Å². The molecule has 0 heterocycles. The molecule has 2 atom stereocenters. The van der Waals surface area contributed by atoms with Crippen LogP contribution in [0.1, 0.15) is 393 Å². The van der Waals surface area contributed by atoms with Crippen LogP contribution in [0.2, 0.25) is 0 Å². The van der Waals surface area contributed by atoms with E-state index in [4.69, 9.17) is 4.74 Å². The molecule has 0 radical (unpaired) electrons. The first-order valence-electron chi connectivity index (χ1n) is 35.1. The molecule has 0 aromatic carbocycles. The highest BCUT2D eigenvalue weighted by Gasteiger charge is 2.18. The quantitative estimate of drug-likeness (QED) is 0.0320. The van der Waals surface area contributed by atoms with Gasteiger partial charge >= 0.3 is 5.97 Å². The van der Waals surface area contributed by atoms with Gasteiger partial charge in [-0.1, -0.05) is 346 Å². The number of unbranched alkanes of at least 4 members (excludes halogenated alkanes) is 53. The van der Waals surface area contributed by atoms with Gasteiger partial charge < -0.3 is 20.3 Å². The fraction of sp³-hybridized carbons (Fsp3) is 0.915. The van der Waals surface area contributed by atoms with Gasteiger partial charge in [0.2, 0.25) is 5.91 Å². The van der Waals surface area contributed by atoms with Gasteiger partial charge in [-0.3, -0.25) is 9.59 Å². The van der Waals surface area contributed by atoms with Crippen molar-refractivity contribution in [3.8, 4) is 0 Å². The van der Waals surface area contributed by atoms with Gasteiger partial charge in [-0.2, -0.15) is 0 Å². The maximum Gasteiger partial charge on any atom is 0.305 e. The molecule has 0 aromatic rings. The van der Waals surface area contributed by atoms with Crippen LogP contribution in [0.25, 0.3) is 0 Å². The van der Waals surface area contributed by atoms with E-state index in [-0.39, 0.29) is 18.5 Å². The van der Waals surface area contributed by atoms with Crippen LogP contribution in [-0.2, 0) is 14.3 Å². The molecule has 2 unspecified atom stereocenters. The number of aliphatic hydroxyl groups is 2. The van der Waals surface area contributed by atoms with Crippen molar-refractivity contribution >= 4 is 11.9 Å². The van der Waals surface area contributed by atoms with Crippen molar-refractivity contribution in [3.05, 3.63) is 24.3 Å². The Kier molecular flexibility index (Phi) is 65.4. The third-order valence-electron chi connectivity index (χ3n) is 16.5. The van der Waals surface area contributed by atoms with Crippen LogP contribution >= 0.6 is 0 Å². The molecule has 0 aliphatic carbocycles. The molecule has 0 bridgehead atoms. The Morgan fingerprint density at radius 2 is 0.610 bits per heavy atom. The lowest BCUT2D eigenvalue weighted by atomic mass is 10.0. The molecular weight excluding hydrogens is 947 g/mol. The van der Waals surface area contributed by atoms with Crippen molar-refractivity contribution in [1.29, 1.82) is 0 Å². The molecule has 0 aliphatic rings. The maximum atomic E-state index is 12.5. The second-order valence-electron chi connectivity index (χ2n) is 24.2. The molecule has 0 spiro atoms. The fourth-order valence-electron chi connectivity index (χ4n) is 11.1. The van der Waals surface area contributed by atoms with E-state index in [1.165, 1.54) is 327 Å². The van der Waals surface area contributed by atoms with Gasteiger partial charge in [0.15, 0.2) is 0 Å². The van der Waals surface area contributed by atoms with E-state index in [1.54, 1.807) is 6.08 Å². The summed E-state index contributed by atoms with van der Waals surface area (Å²) in [6.07, 6.45) is 84.0. The van der Waals surface area contributed by atoms with Gasteiger partial charge in [-0.05, 0) is 57.8 Å². The summed E-state index contributed by atoms with van der Waals surface area (Å²) >= 11 is 0. The summed E-state index contributed by atoms with van der Waals surface area (Å²) in [5.41, 5.74) is 0. The van der Waals surface area contributed by atoms with E-state index in [0.717, 1.165) is 38.5 Å². The number of amides is 1. The first-order chi connectivity index (χ1) is 38.0. The van der Waals surface area contributed by atoms with Crippen LogP contribution in [-0.4, -0.2) is 47.4 Å². The third kappa shape index (κ3) is 63.4. The summed E-state index contributed by atoms with van der Waals surface area (Å²) in [6, 6.07) is -0.630. The maximum absolute atomic E-state index is 12.5. The Morgan fingerprint density at radius 3 is 0.922 bits per heavy atom. The molecule has 0 fully saturated rings. The summed E-state index contributed by atoms with van der Waals surface area (Å²) in [5.74, 6) is -0.0499. The molecule has 0 saturated heterocycles. The van der Waals surface area contributed by atoms with Crippen molar-refractivity contribution in [2.45, 2.75) is 405 Å². The summed E-state index contributed by atoms with van der Waals surface area (Å²) in [7, 11) is 0. The first-order valence-corrected chi connectivity index (χ1v) is 35.1. The zero-order valence-electron chi connectivity index (χ0n) is 52.2. The predicted octanol–water partition coefficient (Wildman–Crippen LogP) is 22.5. The normalized spacial score (nSPS) is 12.6. The van der Waals surface area contributed by atoms with Gasteiger partial charge in [0, 0.05) is 12.8 Å². The van der Waals surface area contributed by atoms with Crippen LogP contribution in [0.3, 0.4) is 0 Å². The van der Waals surface area contributed by atoms with E-state index >= 15 is 0 Å². The van der Waals surface area contributed by atoms with Crippen molar-refractivity contribution in [2.75, 3.05) is 13.2 Å². The minimum Gasteiger partial charge on any atom is -0.466 e. The minimum atomic E-state index is -0.846. The molecule has 1 amide bonds. The molecule has 0 aliphatic heterocycles. The lowest BCUT2D eigenvalue weighted by Gasteiger charge is -2.20. The molecule has 456 valence electrons. The second-order valence-corrected chi connectivity index (χ2v) is 24.2. The van der Waals surface area contributed by atoms with Crippen molar-refractivity contribution < 1.29 is 24.5 Å². The molecule has 6 nitrogen and oxygen atoms in total. The number of carbonyl (C=O) groups excluding carboxylic acids is 2. The average molecular weight is 1080 g/mol. The average Bonchev–Trinajstić information content (AvgIpc) is 3.43. The highest BCUT2D eigenvalue weighted by Crippen LogP contribution is 2.19. The fourth-order valence-corrected chi connectivity index (χ4v) is 11.1. The summed E-state index contributed by atoms with van der Waals surface area (Å²) in [5, 5.41) is 23.2. The molecule has 0 saturated carbocycles. The van der Waals surface area contributed by atoms with E-state index in [9.17, 15) is 19.8 Å². The summed E-state index contributed by atoms with van der Waals surface area (Å²) in [6.45, 7) is 4.94. The largest absolute Gasteiger partial charge is 0.466 e. The molecule has 0 rings (SSSR count). The number of hydrogen-bond donors (Lipinski definition) is 3. The van der Waals surface area contributed by atoms with E-state index < -0.39 is 12.1 Å². The molecular formula is C71H137NO5. The molecule has 6 heteroatoms. The number of aliphatic hydroxyl groups excluding tert-OH is 2.